The number of rotatable bonds is 5. The van der Waals surface area contributed by atoms with Gasteiger partial charge < -0.3 is 5.32 Å². The summed E-state index contributed by atoms with van der Waals surface area (Å²) >= 11 is 5.55. The van der Waals surface area contributed by atoms with E-state index in [4.69, 9.17) is 11.6 Å². The Labute approximate surface area is 87.7 Å². The molecule has 0 saturated carbocycles. The number of alkyl halides is 1. The Morgan fingerprint density at radius 3 is 2.08 bits per heavy atom. The highest BCUT2D eigenvalue weighted by atomic mass is 35.5. The van der Waals surface area contributed by atoms with E-state index in [0.717, 1.165) is 18.8 Å². The molecule has 0 unspecified atom stereocenters. The Morgan fingerprint density at radius 2 is 1.67 bits per heavy atom. The zero-order chi connectivity index (χ0) is 8.74. The van der Waals surface area contributed by atoms with E-state index in [2.05, 4.69) is 26.1 Å². The summed E-state index contributed by atoms with van der Waals surface area (Å²) < 4.78 is 0. The van der Waals surface area contributed by atoms with Crippen molar-refractivity contribution in [1.82, 2.24) is 5.32 Å². The number of hydrogen-bond donors (Lipinski definition) is 1. The maximum Gasteiger partial charge on any atom is 0.0223 e. The van der Waals surface area contributed by atoms with Gasteiger partial charge in [0, 0.05) is 11.4 Å². The van der Waals surface area contributed by atoms with Crippen LogP contribution in [0.3, 0.4) is 0 Å². The van der Waals surface area contributed by atoms with E-state index in [9.17, 15) is 0 Å². The third kappa shape index (κ3) is 13.2. The van der Waals surface area contributed by atoms with Crippen molar-refractivity contribution in [2.45, 2.75) is 45.6 Å². The van der Waals surface area contributed by atoms with Crippen molar-refractivity contribution in [3.8, 4) is 0 Å². The second kappa shape index (κ2) is 8.15. The Morgan fingerprint density at radius 1 is 1.08 bits per heavy atom. The number of nitrogens with one attached hydrogen (secondary N) is 1. The van der Waals surface area contributed by atoms with Crippen LogP contribution in [-0.4, -0.2) is 18.0 Å². The quantitative estimate of drug-likeness (QED) is 0.547. The zero-order valence-corrected chi connectivity index (χ0v) is 9.89. The SMILES string of the molecule is CC(C)(C)NCCCCCCl.Cl. The van der Waals surface area contributed by atoms with Gasteiger partial charge in [-0.1, -0.05) is 6.42 Å². The van der Waals surface area contributed by atoms with Gasteiger partial charge in [0.1, 0.15) is 0 Å². The molecule has 0 aliphatic carbocycles. The summed E-state index contributed by atoms with van der Waals surface area (Å²) in [5.41, 5.74) is 0.265. The summed E-state index contributed by atoms with van der Waals surface area (Å²) in [5.74, 6) is 0.801. The summed E-state index contributed by atoms with van der Waals surface area (Å²) in [6.07, 6.45) is 3.63. The molecule has 0 rings (SSSR count). The van der Waals surface area contributed by atoms with E-state index in [1.165, 1.54) is 12.8 Å². The molecule has 12 heavy (non-hydrogen) atoms. The van der Waals surface area contributed by atoms with E-state index in [1.54, 1.807) is 0 Å². The van der Waals surface area contributed by atoms with Crippen molar-refractivity contribution in [3.63, 3.8) is 0 Å². The Balaban J connectivity index is 0. The fourth-order valence-electron chi connectivity index (χ4n) is 0.860. The van der Waals surface area contributed by atoms with Gasteiger partial charge >= 0.3 is 0 Å². The molecule has 0 saturated heterocycles. The second-order valence-electron chi connectivity index (χ2n) is 3.93. The highest BCUT2D eigenvalue weighted by Gasteiger charge is 2.06. The summed E-state index contributed by atoms with van der Waals surface area (Å²) in [6.45, 7) is 7.68. The minimum Gasteiger partial charge on any atom is -0.312 e. The van der Waals surface area contributed by atoms with Crippen LogP contribution in [0.2, 0.25) is 0 Å². The minimum absolute atomic E-state index is 0. The normalized spacial score (nSPS) is 11.0. The molecule has 0 bridgehead atoms. The van der Waals surface area contributed by atoms with Crippen molar-refractivity contribution < 1.29 is 0 Å². The monoisotopic (exact) mass is 213 g/mol. The van der Waals surface area contributed by atoms with Crippen molar-refractivity contribution in [2.75, 3.05) is 12.4 Å². The minimum atomic E-state index is 0. The topological polar surface area (TPSA) is 12.0 Å². The van der Waals surface area contributed by atoms with Crippen LogP contribution in [0.4, 0.5) is 0 Å². The summed E-state index contributed by atoms with van der Waals surface area (Å²) in [6, 6.07) is 0. The highest BCUT2D eigenvalue weighted by Crippen LogP contribution is 2.00. The van der Waals surface area contributed by atoms with E-state index < -0.39 is 0 Å². The molecule has 0 amide bonds. The summed E-state index contributed by atoms with van der Waals surface area (Å²) in [7, 11) is 0. The largest absolute Gasteiger partial charge is 0.312 e. The predicted molar refractivity (Wildman–Crippen MR) is 59.6 cm³/mol. The van der Waals surface area contributed by atoms with Gasteiger partial charge in [0.05, 0.1) is 0 Å². The van der Waals surface area contributed by atoms with Gasteiger partial charge in [-0.25, -0.2) is 0 Å². The van der Waals surface area contributed by atoms with Crippen LogP contribution < -0.4 is 5.32 Å². The molecular weight excluding hydrogens is 193 g/mol. The van der Waals surface area contributed by atoms with E-state index in [-0.39, 0.29) is 17.9 Å². The Hall–Kier alpha value is 0.540. The van der Waals surface area contributed by atoms with E-state index in [0.29, 0.717) is 0 Å². The third-order valence-electron chi connectivity index (χ3n) is 1.47. The third-order valence-corrected chi connectivity index (χ3v) is 1.73. The van der Waals surface area contributed by atoms with Crippen LogP contribution in [0.5, 0.6) is 0 Å². The molecule has 0 aliphatic heterocycles. The standard InChI is InChI=1S/C9H20ClN.ClH/c1-9(2,3)11-8-6-4-5-7-10;/h11H,4-8H2,1-3H3;1H. The first-order valence-corrected chi connectivity index (χ1v) is 4.91. The number of halogens is 2. The van der Waals surface area contributed by atoms with Gasteiger partial charge in [-0.15, -0.1) is 24.0 Å². The maximum atomic E-state index is 5.55. The van der Waals surface area contributed by atoms with Crippen LogP contribution in [0.15, 0.2) is 0 Å². The van der Waals surface area contributed by atoms with Crippen LogP contribution in [-0.2, 0) is 0 Å². The van der Waals surface area contributed by atoms with Gasteiger partial charge in [0.25, 0.3) is 0 Å². The smallest absolute Gasteiger partial charge is 0.0223 e. The van der Waals surface area contributed by atoms with Crippen LogP contribution in [0, 0.1) is 0 Å². The molecule has 3 heteroatoms. The molecule has 76 valence electrons. The van der Waals surface area contributed by atoms with Crippen LogP contribution in [0.1, 0.15) is 40.0 Å². The maximum absolute atomic E-state index is 5.55. The average Bonchev–Trinajstić information content (AvgIpc) is 1.85. The first-order chi connectivity index (χ1) is 5.06. The molecule has 0 aromatic rings. The predicted octanol–water partition coefficient (Wildman–Crippen LogP) is 3.21. The molecule has 0 aliphatic rings. The lowest BCUT2D eigenvalue weighted by molar-refractivity contribution is 0.418. The lowest BCUT2D eigenvalue weighted by Crippen LogP contribution is -2.36. The molecule has 0 fully saturated rings. The van der Waals surface area contributed by atoms with E-state index in [1.807, 2.05) is 0 Å². The van der Waals surface area contributed by atoms with Crippen molar-refractivity contribution in [3.05, 3.63) is 0 Å². The molecule has 0 aromatic heterocycles. The number of hydrogen-bond acceptors (Lipinski definition) is 1. The lowest BCUT2D eigenvalue weighted by Gasteiger charge is -2.20. The fourth-order valence-corrected chi connectivity index (χ4v) is 1.05. The van der Waals surface area contributed by atoms with Gasteiger partial charge in [-0.05, 0) is 40.2 Å². The summed E-state index contributed by atoms with van der Waals surface area (Å²) in [5, 5.41) is 3.44. The number of unbranched alkanes of at least 4 members (excludes halogenated alkanes) is 2. The van der Waals surface area contributed by atoms with Crippen molar-refractivity contribution in [2.24, 2.45) is 0 Å². The molecule has 1 N–H and O–H groups in total. The van der Waals surface area contributed by atoms with Gasteiger partial charge in [-0.2, -0.15) is 0 Å². The van der Waals surface area contributed by atoms with Crippen molar-refractivity contribution in [1.29, 1.82) is 0 Å². The molecule has 0 spiro atoms. The molecule has 0 radical (unpaired) electrons. The molecule has 0 heterocycles. The zero-order valence-electron chi connectivity index (χ0n) is 8.32. The molecular formula is C9H21Cl2N. The molecule has 1 nitrogen and oxygen atoms in total. The first-order valence-electron chi connectivity index (χ1n) is 4.37. The fraction of sp³-hybridized carbons (Fsp3) is 1.00. The van der Waals surface area contributed by atoms with Crippen LogP contribution in [0.25, 0.3) is 0 Å². The molecule has 0 aromatic carbocycles. The Kier molecular flexibility index (Phi) is 10.2. The van der Waals surface area contributed by atoms with E-state index >= 15 is 0 Å². The summed E-state index contributed by atoms with van der Waals surface area (Å²) in [4.78, 5) is 0. The van der Waals surface area contributed by atoms with Gasteiger partial charge in [0.2, 0.25) is 0 Å². The van der Waals surface area contributed by atoms with Gasteiger partial charge in [-0.3, -0.25) is 0 Å². The highest BCUT2D eigenvalue weighted by molar-refractivity contribution is 6.17. The second-order valence-corrected chi connectivity index (χ2v) is 4.30. The Bertz CT molecular complexity index is 89.0. The average molecular weight is 214 g/mol. The van der Waals surface area contributed by atoms with Crippen LogP contribution >= 0.6 is 24.0 Å². The lowest BCUT2D eigenvalue weighted by atomic mass is 10.1. The van der Waals surface area contributed by atoms with Crippen molar-refractivity contribution >= 4 is 24.0 Å². The first kappa shape index (κ1) is 15.0. The van der Waals surface area contributed by atoms with Gasteiger partial charge in [0.15, 0.2) is 0 Å². The molecule has 0 atom stereocenters.